The summed E-state index contributed by atoms with van der Waals surface area (Å²) in [6.45, 7) is 0.667. The van der Waals surface area contributed by atoms with Crippen LogP contribution in [0.15, 0.2) is 59.2 Å². The minimum atomic E-state index is -0.284. The number of amides is 2. The van der Waals surface area contributed by atoms with E-state index < -0.39 is 0 Å². The molecule has 1 saturated carbocycles. The van der Waals surface area contributed by atoms with Crippen LogP contribution in [0.3, 0.4) is 0 Å². The molecule has 2 aromatic carbocycles. The highest BCUT2D eigenvalue weighted by Gasteiger charge is 2.37. The Morgan fingerprint density at radius 1 is 0.868 bits per heavy atom. The van der Waals surface area contributed by atoms with E-state index >= 15 is 0 Å². The zero-order chi connectivity index (χ0) is 27.1. The smallest absolute Gasteiger partial charge is 0.262 e. The van der Waals surface area contributed by atoms with Crippen LogP contribution in [-0.2, 0) is 17.8 Å². The molecule has 9 heteroatoms. The predicted octanol–water partition coefficient (Wildman–Crippen LogP) is 4.19. The van der Waals surface area contributed by atoms with Gasteiger partial charge in [0.1, 0.15) is 29.4 Å². The van der Waals surface area contributed by atoms with Crippen molar-refractivity contribution >= 4 is 11.8 Å². The fourth-order valence-corrected chi connectivity index (χ4v) is 4.39. The zero-order valence-electron chi connectivity index (χ0n) is 22.3. The first-order valence-corrected chi connectivity index (χ1v) is 12.5. The number of benzene rings is 2. The van der Waals surface area contributed by atoms with Crippen LogP contribution in [0.2, 0.25) is 0 Å². The Bertz CT molecular complexity index is 1220. The molecule has 0 unspecified atom stereocenters. The van der Waals surface area contributed by atoms with E-state index in [1.165, 1.54) is 14.2 Å². The average molecular weight is 523 g/mol. The third-order valence-electron chi connectivity index (χ3n) is 6.59. The van der Waals surface area contributed by atoms with E-state index in [1.54, 1.807) is 54.5 Å². The van der Waals surface area contributed by atoms with Crippen molar-refractivity contribution in [3.8, 4) is 23.0 Å². The first-order valence-electron chi connectivity index (χ1n) is 12.5. The van der Waals surface area contributed by atoms with Gasteiger partial charge in [0.05, 0.1) is 41.2 Å². The van der Waals surface area contributed by atoms with Crippen molar-refractivity contribution in [3.05, 3.63) is 71.7 Å². The van der Waals surface area contributed by atoms with Gasteiger partial charge >= 0.3 is 0 Å². The zero-order valence-corrected chi connectivity index (χ0v) is 22.3. The van der Waals surface area contributed by atoms with Gasteiger partial charge < -0.3 is 33.2 Å². The first-order chi connectivity index (χ1) is 18.5. The number of furan rings is 1. The number of carbonyl (C=O) groups is 2. The number of rotatable bonds is 13. The van der Waals surface area contributed by atoms with E-state index in [9.17, 15) is 9.59 Å². The summed E-state index contributed by atoms with van der Waals surface area (Å²) in [5, 5.41) is 0. The van der Waals surface area contributed by atoms with Crippen LogP contribution in [0.4, 0.5) is 0 Å². The molecule has 1 aromatic heterocycles. The van der Waals surface area contributed by atoms with Gasteiger partial charge in [-0.3, -0.25) is 9.59 Å². The van der Waals surface area contributed by atoms with Crippen molar-refractivity contribution in [1.29, 1.82) is 0 Å². The number of carbonyl (C=O) groups excluding carboxylic acids is 2. The lowest BCUT2D eigenvalue weighted by Gasteiger charge is -2.28. The number of ether oxygens (including phenoxy) is 4. The lowest BCUT2D eigenvalue weighted by Crippen LogP contribution is -2.44. The number of methoxy groups -OCH3 is 4. The van der Waals surface area contributed by atoms with E-state index in [-0.39, 0.29) is 24.4 Å². The molecule has 38 heavy (non-hydrogen) atoms. The van der Waals surface area contributed by atoms with Crippen LogP contribution in [0.25, 0.3) is 0 Å². The van der Waals surface area contributed by atoms with Crippen LogP contribution in [0, 0.1) is 0 Å². The van der Waals surface area contributed by atoms with Crippen molar-refractivity contribution in [3.63, 3.8) is 0 Å². The van der Waals surface area contributed by atoms with Gasteiger partial charge in [0.25, 0.3) is 5.91 Å². The lowest BCUT2D eigenvalue weighted by molar-refractivity contribution is -0.132. The molecule has 2 amide bonds. The van der Waals surface area contributed by atoms with Crippen molar-refractivity contribution < 1.29 is 33.0 Å². The van der Waals surface area contributed by atoms with E-state index in [0.29, 0.717) is 53.8 Å². The second kappa shape index (κ2) is 12.4. The molecule has 0 saturated heterocycles. The topological polar surface area (TPSA) is 90.7 Å². The van der Waals surface area contributed by atoms with Gasteiger partial charge in [-0.1, -0.05) is 12.1 Å². The Hall–Kier alpha value is -4.14. The van der Waals surface area contributed by atoms with Gasteiger partial charge in [0, 0.05) is 12.6 Å². The summed E-state index contributed by atoms with van der Waals surface area (Å²) >= 11 is 0. The van der Waals surface area contributed by atoms with Crippen LogP contribution in [-0.4, -0.2) is 69.2 Å². The molecule has 0 N–H and O–H groups in total. The Balaban J connectivity index is 1.54. The molecular weight excluding hydrogens is 488 g/mol. The second-order valence-corrected chi connectivity index (χ2v) is 9.04. The Kier molecular flexibility index (Phi) is 8.78. The SMILES string of the molecule is COc1ccc(CCN(Cc2ccco2)C(=O)CN(C(=O)c2c(OC)cccc2OC)C2CC2)cc1OC. The third-order valence-corrected chi connectivity index (χ3v) is 6.59. The fraction of sp³-hybridized carbons (Fsp3) is 0.379. The summed E-state index contributed by atoms with van der Waals surface area (Å²) < 4.78 is 27.2. The third kappa shape index (κ3) is 6.22. The van der Waals surface area contributed by atoms with Gasteiger partial charge in [0.15, 0.2) is 11.5 Å². The second-order valence-electron chi connectivity index (χ2n) is 9.04. The quantitative estimate of drug-likeness (QED) is 0.332. The molecule has 202 valence electrons. The average Bonchev–Trinajstić information content (AvgIpc) is 3.67. The standard InChI is InChI=1S/C29H34N2O7/c1-34-23-13-10-20(17-26(23)37-4)14-15-30(18-22-7-6-16-38-22)27(32)19-31(21-11-12-21)29(33)28-24(35-2)8-5-9-25(28)36-3/h5-10,13,16-17,21H,11-12,14-15,18-19H2,1-4H3. The van der Waals surface area contributed by atoms with Crippen molar-refractivity contribution in [2.45, 2.75) is 31.8 Å². The maximum atomic E-state index is 13.7. The number of nitrogens with zero attached hydrogens (tertiary/aromatic N) is 2. The van der Waals surface area contributed by atoms with Gasteiger partial charge in [-0.05, 0) is 61.2 Å². The van der Waals surface area contributed by atoms with E-state index in [2.05, 4.69) is 0 Å². The first kappa shape index (κ1) is 26.9. The van der Waals surface area contributed by atoms with Crippen LogP contribution >= 0.6 is 0 Å². The summed E-state index contributed by atoms with van der Waals surface area (Å²) in [6, 6.07) is 14.5. The summed E-state index contributed by atoms with van der Waals surface area (Å²) in [5.41, 5.74) is 1.31. The number of hydrogen-bond donors (Lipinski definition) is 0. The summed E-state index contributed by atoms with van der Waals surface area (Å²) in [4.78, 5) is 30.8. The highest BCUT2D eigenvalue weighted by Crippen LogP contribution is 2.34. The molecule has 1 aliphatic carbocycles. The lowest BCUT2D eigenvalue weighted by atomic mass is 10.1. The van der Waals surface area contributed by atoms with E-state index in [4.69, 9.17) is 23.4 Å². The maximum Gasteiger partial charge on any atom is 0.262 e. The van der Waals surface area contributed by atoms with E-state index in [1.807, 2.05) is 24.3 Å². The van der Waals surface area contributed by atoms with Gasteiger partial charge in [-0.25, -0.2) is 0 Å². The minimum absolute atomic E-state index is 0.00243. The highest BCUT2D eigenvalue weighted by atomic mass is 16.5. The fourth-order valence-electron chi connectivity index (χ4n) is 4.39. The molecule has 0 bridgehead atoms. The Morgan fingerprint density at radius 3 is 2.13 bits per heavy atom. The Labute approximate surface area is 222 Å². The molecule has 3 aromatic rings. The summed E-state index contributed by atoms with van der Waals surface area (Å²) in [5.74, 6) is 2.31. The molecule has 0 radical (unpaired) electrons. The summed E-state index contributed by atoms with van der Waals surface area (Å²) in [6.07, 6.45) is 3.87. The molecule has 0 atom stereocenters. The van der Waals surface area contributed by atoms with Crippen molar-refractivity contribution in [2.75, 3.05) is 41.5 Å². The Morgan fingerprint density at radius 2 is 1.55 bits per heavy atom. The molecule has 0 aliphatic heterocycles. The van der Waals surface area contributed by atoms with E-state index in [0.717, 1.165) is 18.4 Å². The van der Waals surface area contributed by atoms with Crippen molar-refractivity contribution in [2.24, 2.45) is 0 Å². The van der Waals surface area contributed by atoms with Crippen molar-refractivity contribution in [1.82, 2.24) is 9.80 Å². The monoisotopic (exact) mass is 522 g/mol. The van der Waals surface area contributed by atoms with Gasteiger partial charge in [0.2, 0.25) is 5.91 Å². The molecule has 0 spiro atoms. The normalized spacial score (nSPS) is 12.5. The predicted molar refractivity (Wildman–Crippen MR) is 141 cm³/mol. The number of hydrogen-bond acceptors (Lipinski definition) is 7. The van der Waals surface area contributed by atoms with Crippen LogP contribution in [0.5, 0.6) is 23.0 Å². The van der Waals surface area contributed by atoms with Gasteiger partial charge in [-0.15, -0.1) is 0 Å². The molecule has 4 rings (SSSR count). The highest BCUT2D eigenvalue weighted by molar-refractivity contribution is 6.01. The molecular formula is C29H34N2O7. The maximum absolute atomic E-state index is 13.7. The van der Waals surface area contributed by atoms with Crippen LogP contribution < -0.4 is 18.9 Å². The minimum Gasteiger partial charge on any atom is -0.496 e. The van der Waals surface area contributed by atoms with Crippen LogP contribution in [0.1, 0.15) is 34.5 Å². The molecule has 1 aliphatic rings. The molecule has 9 nitrogen and oxygen atoms in total. The largest absolute Gasteiger partial charge is 0.496 e. The van der Waals surface area contributed by atoms with Gasteiger partial charge in [-0.2, -0.15) is 0 Å². The molecule has 1 fully saturated rings. The summed E-state index contributed by atoms with van der Waals surface area (Å²) in [7, 11) is 6.21. The molecule has 1 heterocycles.